The molecular formula is C42H46IN5O2PS+. The lowest BCUT2D eigenvalue weighted by Gasteiger charge is -2.27. The zero-order chi connectivity index (χ0) is 35.6. The van der Waals surface area contributed by atoms with Crippen molar-refractivity contribution in [1.82, 2.24) is 19.5 Å². The lowest BCUT2D eigenvalue weighted by Crippen LogP contribution is -2.33. The van der Waals surface area contributed by atoms with Crippen LogP contribution in [-0.4, -0.2) is 32.5 Å². The van der Waals surface area contributed by atoms with Gasteiger partial charge in [0.1, 0.15) is 29.5 Å². The number of halogens is 1. The van der Waals surface area contributed by atoms with Crippen LogP contribution in [-0.2, 0) is 6.54 Å². The third-order valence-corrected chi connectivity index (χ3v) is 16.7. The van der Waals surface area contributed by atoms with Gasteiger partial charge in [-0.15, -0.1) is 0 Å². The Labute approximate surface area is 325 Å². The van der Waals surface area contributed by atoms with Crippen LogP contribution in [0.2, 0.25) is 0 Å². The molecule has 2 N–H and O–H groups in total. The van der Waals surface area contributed by atoms with Crippen molar-refractivity contribution in [2.45, 2.75) is 80.8 Å². The number of ether oxygens (including phenoxy) is 2. The average molecular weight is 843 g/mol. The highest BCUT2D eigenvalue weighted by molar-refractivity contribution is 14.1. The summed E-state index contributed by atoms with van der Waals surface area (Å²) in [5.41, 5.74) is 7.67. The summed E-state index contributed by atoms with van der Waals surface area (Å²) in [6.45, 7) is 1.10. The quantitative estimate of drug-likeness (QED) is 0.0524. The van der Waals surface area contributed by atoms with Gasteiger partial charge in [-0.25, -0.2) is 15.0 Å². The molecule has 0 atom stereocenters. The third kappa shape index (κ3) is 8.42. The Morgan fingerprint density at radius 3 is 1.77 bits per heavy atom. The zero-order valence-electron chi connectivity index (χ0n) is 29.5. The fraction of sp³-hybridized carbons (Fsp3) is 0.310. The van der Waals surface area contributed by atoms with Gasteiger partial charge < -0.3 is 19.8 Å². The van der Waals surface area contributed by atoms with Crippen LogP contribution in [0, 0.1) is 3.57 Å². The van der Waals surface area contributed by atoms with Crippen molar-refractivity contribution in [1.29, 1.82) is 0 Å². The molecule has 0 bridgehead atoms. The number of rotatable bonds is 18. The van der Waals surface area contributed by atoms with Crippen LogP contribution in [0.25, 0.3) is 11.2 Å². The molecule has 0 spiro atoms. The number of unbranched alkanes of at least 4 members (excludes halogenated alkanes) is 9. The van der Waals surface area contributed by atoms with E-state index < -0.39 is 7.26 Å². The Bertz CT molecular complexity index is 1950. The lowest BCUT2D eigenvalue weighted by atomic mass is 10.1. The lowest BCUT2D eigenvalue weighted by molar-refractivity contribution is 0.174. The number of nitrogens with two attached hydrogens (primary N) is 1. The molecule has 0 unspecified atom stereocenters. The maximum absolute atomic E-state index is 6.22. The molecule has 10 heteroatoms. The van der Waals surface area contributed by atoms with E-state index >= 15 is 0 Å². The Morgan fingerprint density at radius 2 is 1.19 bits per heavy atom. The van der Waals surface area contributed by atoms with Gasteiger partial charge >= 0.3 is 0 Å². The van der Waals surface area contributed by atoms with Gasteiger partial charge in [0.2, 0.25) is 6.79 Å². The standard InChI is InChI=1S/C42H46IN5O2PS/c43-35-28-36-37(50-31-49-36)29-38(35)52-42-47-39-40(44)45-30-46-41(39)48(42)26-18-7-5-3-1-2-4-6-8-19-27-51(32-20-12-9-13-21-32,33-22-14-10-15-23-33)34-24-16-11-17-25-34/h9-17,20-25,28-30H,1-8,18-19,26-27,31H2,(H2,44,45,46)/q+1. The summed E-state index contributed by atoms with van der Waals surface area (Å²) < 4.78 is 14.5. The number of benzene rings is 4. The van der Waals surface area contributed by atoms with Crippen molar-refractivity contribution in [2.75, 3.05) is 18.7 Å². The first kappa shape index (κ1) is 36.7. The van der Waals surface area contributed by atoms with E-state index in [2.05, 4.69) is 128 Å². The van der Waals surface area contributed by atoms with E-state index in [9.17, 15) is 0 Å². The third-order valence-electron chi connectivity index (χ3n) is 9.87. The maximum Gasteiger partial charge on any atom is 0.231 e. The number of hydrogen-bond donors (Lipinski definition) is 1. The molecule has 0 fully saturated rings. The number of nitrogens with zero attached hydrogens (tertiary/aromatic N) is 4. The molecule has 6 aromatic rings. The van der Waals surface area contributed by atoms with Crippen LogP contribution in [0.1, 0.15) is 64.2 Å². The fourth-order valence-corrected chi connectivity index (χ4v) is 13.3. The Balaban J connectivity index is 0.868. The van der Waals surface area contributed by atoms with Gasteiger partial charge in [-0.2, -0.15) is 0 Å². The van der Waals surface area contributed by atoms with Gasteiger partial charge in [0.15, 0.2) is 33.6 Å². The van der Waals surface area contributed by atoms with Gasteiger partial charge in [-0.3, -0.25) is 0 Å². The topological polar surface area (TPSA) is 88.1 Å². The van der Waals surface area contributed by atoms with Crippen LogP contribution in [0.5, 0.6) is 11.5 Å². The zero-order valence-corrected chi connectivity index (χ0v) is 33.4. The molecule has 0 aliphatic carbocycles. The minimum Gasteiger partial charge on any atom is -0.454 e. The highest BCUT2D eigenvalue weighted by Gasteiger charge is 2.44. The molecule has 0 saturated carbocycles. The normalized spacial score (nSPS) is 12.5. The van der Waals surface area contributed by atoms with Gasteiger partial charge in [0, 0.05) is 15.0 Å². The summed E-state index contributed by atoms with van der Waals surface area (Å²) in [5.74, 6) is 1.96. The van der Waals surface area contributed by atoms with Crippen LogP contribution < -0.4 is 31.1 Å². The van der Waals surface area contributed by atoms with E-state index in [1.807, 2.05) is 12.1 Å². The predicted octanol–water partition coefficient (Wildman–Crippen LogP) is 9.79. The molecule has 4 aromatic carbocycles. The summed E-state index contributed by atoms with van der Waals surface area (Å²) >= 11 is 3.95. The average Bonchev–Trinajstić information content (AvgIpc) is 3.79. The first-order valence-electron chi connectivity index (χ1n) is 18.4. The molecule has 268 valence electrons. The van der Waals surface area contributed by atoms with Crippen molar-refractivity contribution >= 4 is 74.5 Å². The van der Waals surface area contributed by atoms with Crippen molar-refractivity contribution in [3.05, 3.63) is 113 Å². The largest absolute Gasteiger partial charge is 0.454 e. The Morgan fingerprint density at radius 1 is 0.673 bits per heavy atom. The Hall–Kier alpha value is -3.66. The molecule has 52 heavy (non-hydrogen) atoms. The SMILES string of the molecule is Nc1ncnc2c1nc(Sc1cc3c(cc1I)OCO3)n2CCCCCCCCCCCC[P+](c1ccccc1)(c1ccccc1)c1ccccc1. The maximum atomic E-state index is 6.22. The van der Waals surface area contributed by atoms with Crippen LogP contribution >= 0.6 is 41.6 Å². The smallest absolute Gasteiger partial charge is 0.231 e. The summed E-state index contributed by atoms with van der Waals surface area (Å²) in [7, 11) is -1.72. The van der Waals surface area contributed by atoms with Crippen LogP contribution in [0.3, 0.4) is 0 Å². The van der Waals surface area contributed by atoms with E-state index in [4.69, 9.17) is 20.2 Å². The van der Waals surface area contributed by atoms with Crippen LogP contribution in [0.4, 0.5) is 5.82 Å². The monoisotopic (exact) mass is 842 g/mol. The fourth-order valence-electron chi connectivity index (χ4n) is 7.20. The second kappa shape index (κ2) is 17.9. The minimum absolute atomic E-state index is 0.255. The van der Waals surface area contributed by atoms with E-state index in [-0.39, 0.29) is 6.79 Å². The highest BCUT2D eigenvalue weighted by Crippen LogP contribution is 2.56. The molecule has 0 amide bonds. The molecule has 1 aliphatic heterocycles. The molecule has 2 aromatic heterocycles. The number of anilines is 1. The van der Waals surface area contributed by atoms with Gasteiger partial charge in [0.25, 0.3) is 0 Å². The molecular weight excluding hydrogens is 796 g/mol. The van der Waals surface area contributed by atoms with E-state index in [1.54, 1.807) is 11.8 Å². The summed E-state index contributed by atoms with van der Waals surface area (Å²) in [5, 5.41) is 5.33. The van der Waals surface area contributed by atoms with E-state index in [0.29, 0.717) is 11.3 Å². The van der Waals surface area contributed by atoms with Gasteiger partial charge in [0.05, 0.1) is 6.16 Å². The summed E-state index contributed by atoms with van der Waals surface area (Å²) in [6, 6.07) is 37.9. The van der Waals surface area contributed by atoms with Crippen molar-refractivity contribution in [3.63, 3.8) is 0 Å². The first-order chi connectivity index (χ1) is 25.6. The number of fused-ring (bicyclic) bond motifs is 2. The molecule has 7 nitrogen and oxygen atoms in total. The van der Waals surface area contributed by atoms with Crippen molar-refractivity contribution in [2.24, 2.45) is 0 Å². The van der Waals surface area contributed by atoms with Gasteiger partial charge in [-0.05, 0) is 90.4 Å². The number of nitrogen functional groups attached to an aromatic ring is 1. The number of aryl methyl sites for hydroxylation is 1. The number of hydrogen-bond acceptors (Lipinski definition) is 7. The van der Waals surface area contributed by atoms with E-state index in [0.717, 1.165) is 43.7 Å². The molecule has 1 aliphatic rings. The first-order valence-corrected chi connectivity index (χ1v) is 22.3. The second-order valence-corrected chi connectivity index (χ2v) is 19.1. The second-order valence-electron chi connectivity index (χ2n) is 13.3. The highest BCUT2D eigenvalue weighted by atomic mass is 127. The van der Waals surface area contributed by atoms with E-state index in [1.165, 1.54) is 86.2 Å². The number of imidazole rings is 1. The molecule has 7 rings (SSSR count). The molecule has 0 saturated heterocycles. The van der Waals surface area contributed by atoms with Crippen LogP contribution in [0.15, 0.2) is 120 Å². The number of aromatic nitrogens is 4. The molecule has 0 radical (unpaired) electrons. The molecule has 3 heterocycles. The van der Waals surface area contributed by atoms with Crippen molar-refractivity contribution < 1.29 is 9.47 Å². The minimum atomic E-state index is -1.72. The Kier molecular flexibility index (Phi) is 12.6. The van der Waals surface area contributed by atoms with Gasteiger partial charge in [-0.1, -0.05) is 111 Å². The summed E-state index contributed by atoms with van der Waals surface area (Å²) in [6.07, 6.45) is 15.3. The predicted molar refractivity (Wildman–Crippen MR) is 225 cm³/mol. The summed E-state index contributed by atoms with van der Waals surface area (Å²) in [4.78, 5) is 14.7. The van der Waals surface area contributed by atoms with Crippen molar-refractivity contribution in [3.8, 4) is 11.5 Å².